The first-order valence-corrected chi connectivity index (χ1v) is 13.5. The SMILES string of the molecule is O=C(CF)c1ccc(CN2CCN(c3ccc(NC(=O)c4ccccc4-c4ccc(C(F)(F)F)cc4)cc3)CC2)cc1. The number of amides is 1. The van der Waals surface area contributed by atoms with E-state index in [1.165, 1.54) is 12.1 Å². The molecule has 4 aromatic rings. The molecule has 9 heteroatoms. The maximum atomic E-state index is 13.1. The number of rotatable bonds is 8. The van der Waals surface area contributed by atoms with Crippen molar-refractivity contribution < 1.29 is 27.2 Å². The van der Waals surface area contributed by atoms with Crippen molar-refractivity contribution in [3.8, 4) is 11.1 Å². The maximum Gasteiger partial charge on any atom is 0.416 e. The number of halogens is 4. The van der Waals surface area contributed by atoms with Crippen LogP contribution in [0.25, 0.3) is 11.1 Å². The number of hydrogen-bond donors (Lipinski definition) is 1. The maximum absolute atomic E-state index is 13.1. The van der Waals surface area contributed by atoms with Crippen molar-refractivity contribution >= 4 is 23.1 Å². The lowest BCUT2D eigenvalue weighted by atomic mass is 9.98. The normalized spacial score (nSPS) is 14.0. The molecule has 0 radical (unpaired) electrons. The highest BCUT2D eigenvalue weighted by Crippen LogP contribution is 2.32. The molecule has 0 saturated carbocycles. The van der Waals surface area contributed by atoms with Crippen LogP contribution in [0.2, 0.25) is 0 Å². The van der Waals surface area contributed by atoms with E-state index < -0.39 is 24.2 Å². The summed E-state index contributed by atoms with van der Waals surface area (Å²) < 4.78 is 51.5. The summed E-state index contributed by atoms with van der Waals surface area (Å²) in [6, 6.07) is 26.2. The average Bonchev–Trinajstić information content (AvgIpc) is 3.01. The van der Waals surface area contributed by atoms with Gasteiger partial charge in [0, 0.05) is 55.2 Å². The Morgan fingerprint density at radius 1 is 0.762 bits per heavy atom. The summed E-state index contributed by atoms with van der Waals surface area (Å²) in [5.74, 6) is -0.863. The van der Waals surface area contributed by atoms with E-state index in [4.69, 9.17) is 0 Å². The number of hydrogen-bond acceptors (Lipinski definition) is 4. The van der Waals surface area contributed by atoms with Crippen LogP contribution >= 0.6 is 0 Å². The first-order valence-electron chi connectivity index (χ1n) is 13.5. The van der Waals surface area contributed by atoms with Crippen LogP contribution in [0.5, 0.6) is 0 Å². The molecule has 0 spiro atoms. The molecule has 216 valence electrons. The van der Waals surface area contributed by atoms with Gasteiger partial charge in [0.05, 0.1) is 5.56 Å². The Hall–Kier alpha value is -4.50. The van der Waals surface area contributed by atoms with Crippen LogP contribution in [0, 0.1) is 0 Å². The monoisotopic (exact) mass is 575 g/mol. The molecule has 1 N–H and O–H groups in total. The molecule has 1 amide bonds. The minimum absolute atomic E-state index is 0.353. The lowest BCUT2D eigenvalue weighted by Crippen LogP contribution is -2.45. The fourth-order valence-corrected chi connectivity index (χ4v) is 5.02. The highest BCUT2D eigenvalue weighted by molar-refractivity contribution is 6.08. The van der Waals surface area contributed by atoms with E-state index in [1.807, 2.05) is 36.4 Å². The van der Waals surface area contributed by atoms with Crippen LogP contribution in [-0.2, 0) is 12.7 Å². The summed E-state index contributed by atoms with van der Waals surface area (Å²) in [6.45, 7) is 3.11. The number of alkyl halides is 4. The molecule has 0 bridgehead atoms. The average molecular weight is 576 g/mol. The number of benzene rings is 4. The van der Waals surface area contributed by atoms with Gasteiger partial charge in [0.1, 0.15) is 0 Å². The topological polar surface area (TPSA) is 52.7 Å². The number of anilines is 2. The van der Waals surface area contributed by atoms with Crippen LogP contribution in [0.4, 0.5) is 28.9 Å². The highest BCUT2D eigenvalue weighted by Gasteiger charge is 2.30. The molecule has 0 aromatic heterocycles. The van der Waals surface area contributed by atoms with Gasteiger partial charge in [-0.1, -0.05) is 54.6 Å². The Morgan fingerprint density at radius 2 is 1.40 bits per heavy atom. The zero-order valence-corrected chi connectivity index (χ0v) is 22.7. The van der Waals surface area contributed by atoms with Crippen LogP contribution < -0.4 is 10.2 Å². The molecule has 0 unspecified atom stereocenters. The zero-order valence-electron chi connectivity index (χ0n) is 22.7. The molecule has 0 aliphatic carbocycles. The van der Waals surface area contributed by atoms with Gasteiger partial charge in [0.15, 0.2) is 12.5 Å². The molecule has 1 fully saturated rings. The lowest BCUT2D eigenvalue weighted by Gasteiger charge is -2.36. The number of Topliss-reactive ketones (excluding diaryl/α,β-unsaturated/α-hetero) is 1. The third-order valence-corrected chi connectivity index (χ3v) is 7.36. The zero-order chi connectivity index (χ0) is 29.7. The van der Waals surface area contributed by atoms with Gasteiger partial charge in [-0.3, -0.25) is 14.5 Å². The van der Waals surface area contributed by atoms with Gasteiger partial charge in [-0.25, -0.2) is 4.39 Å². The van der Waals surface area contributed by atoms with Gasteiger partial charge in [0.25, 0.3) is 5.91 Å². The van der Waals surface area contributed by atoms with Crippen LogP contribution in [0.1, 0.15) is 31.8 Å². The second-order valence-electron chi connectivity index (χ2n) is 10.1. The van der Waals surface area contributed by atoms with E-state index in [0.29, 0.717) is 27.9 Å². The Balaban J connectivity index is 1.17. The number of piperazine rings is 1. The number of nitrogens with one attached hydrogen (secondary N) is 1. The van der Waals surface area contributed by atoms with Crippen molar-refractivity contribution in [3.05, 3.63) is 119 Å². The van der Waals surface area contributed by atoms with Gasteiger partial charge in [0.2, 0.25) is 0 Å². The molecule has 1 heterocycles. The van der Waals surface area contributed by atoms with Gasteiger partial charge in [-0.2, -0.15) is 13.2 Å². The van der Waals surface area contributed by atoms with Crippen molar-refractivity contribution in [1.82, 2.24) is 4.90 Å². The minimum atomic E-state index is -4.43. The molecule has 5 rings (SSSR count). The Bertz CT molecular complexity index is 1530. The van der Waals surface area contributed by atoms with E-state index in [-0.39, 0.29) is 5.91 Å². The second-order valence-corrected chi connectivity index (χ2v) is 10.1. The van der Waals surface area contributed by atoms with Crippen molar-refractivity contribution in [2.75, 3.05) is 43.1 Å². The standard InChI is InChI=1S/C33H29F4N3O2/c34-21-31(41)25-7-5-23(6-8-25)22-39-17-19-40(20-18-39)28-15-13-27(14-16-28)38-32(42)30-4-2-1-3-29(30)24-9-11-26(12-10-24)33(35,36)37/h1-16H,17-22H2,(H,38,42). The summed E-state index contributed by atoms with van der Waals surface area (Å²) in [6.07, 6.45) is -4.43. The van der Waals surface area contributed by atoms with Gasteiger partial charge < -0.3 is 10.2 Å². The summed E-state index contributed by atoms with van der Waals surface area (Å²) in [7, 11) is 0. The smallest absolute Gasteiger partial charge is 0.369 e. The van der Waals surface area contributed by atoms with Crippen molar-refractivity contribution in [2.24, 2.45) is 0 Å². The largest absolute Gasteiger partial charge is 0.416 e. The number of carbonyl (C=O) groups is 2. The molecular weight excluding hydrogens is 546 g/mol. The quantitative estimate of drug-likeness (QED) is 0.180. The first kappa shape index (κ1) is 29.0. The van der Waals surface area contributed by atoms with Gasteiger partial charge >= 0.3 is 6.18 Å². The predicted octanol–water partition coefficient (Wildman–Crippen LogP) is 7.10. The number of carbonyl (C=O) groups excluding carboxylic acids is 2. The van der Waals surface area contributed by atoms with E-state index in [9.17, 15) is 27.2 Å². The minimum Gasteiger partial charge on any atom is -0.369 e. The molecule has 1 aliphatic rings. The Kier molecular flexibility index (Phi) is 8.68. The van der Waals surface area contributed by atoms with Crippen LogP contribution in [0.15, 0.2) is 97.1 Å². The summed E-state index contributed by atoms with van der Waals surface area (Å²) in [5.41, 5.74) is 3.78. The first-order chi connectivity index (χ1) is 20.2. The fourth-order valence-electron chi connectivity index (χ4n) is 5.02. The van der Waals surface area contributed by atoms with E-state index in [0.717, 1.165) is 56.1 Å². The fraction of sp³-hybridized carbons (Fsp3) is 0.212. The molecule has 0 atom stereocenters. The number of nitrogens with zero attached hydrogens (tertiary/aromatic N) is 2. The summed E-state index contributed by atoms with van der Waals surface area (Å²) in [5, 5.41) is 2.90. The lowest BCUT2D eigenvalue weighted by molar-refractivity contribution is -0.137. The van der Waals surface area contributed by atoms with Crippen molar-refractivity contribution in [3.63, 3.8) is 0 Å². The summed E-state index contributed by atoms with van der Waals surface area (Å²) >= 11 is 0. The molecule has 5 nitrogen and oxygen atoms in total. The van der Waals surface area contributed by atoms with E-state index in [2.05, 4.69) is 15.1 Å². The molecular formula is C33H29F4N3O2. The molecule has 42 heavy (non-hydrogen) atoms. The Labute approximate surface area is 241 Å². The highest BCUT2D eigenvalue weighted by atomic mass is 19.4. The Morgan fingerprint density at radius 3 is 2.02 bits per heavy atom. The molecule has 1 saturated heterocycles. The third kappa shape index (κ3) is 6.86. The third-order valence-electron chi connectivity index (χ3n) is 7.36. The number of ketones is 1. The van der Waals surface area contributed by atoms with E-state index in [1.54, 1.807) is 36.4 Å². The predicted molar refractivity (Wildman–Crippen MR) is 156 cm³/mol. The van der Waals surface area contributed by atoms with Gasteiger partial charge in [-0.05, 0) is 59.2 Å². The van der Waals surface area contributed by atoms with Crippen molar-refractivity contribution in [1.29, 1.82) is 0 Å². The molecule has 1 aliphatic heterocycles. The van der Waals surface area contributed by atoms with Crippen LogP contribution in [-0.4, -0.2) is 49.4 Å². The van der Waals surface area contributed by atoms with Crippen molar-refractivity contribution in [2.45, 2.75) is 12.7 Å². The summed E-state index contributed by atoms with van der Waals surface area (Å²) in [4.78, 5) is 29.2. The second kappa shape index (κ2) is 12.6. The van der Waals surface area contributed by atoms with Gasteiger partial charge in [-0.15, -0.1) is 0 Å². The van der Waals surface area contributed by atoms with Crippen LogP contribution in [0.3, 0.4) is 0 Å². The molecule has 4 aromatic carbocycles. The van der Waals surface area contributed by atoms with E-state index >= 15 is 0 Å².